The number of hydrogen-bond donors (Lipinski definition) is 1. The molecule has 0 aliphatic rings. The highest BCUT2D eigenvalue weighted by molar-refractivity contribution is 9.10. The van der Waals surface area contributed by atoms with Crippen molar-refractivity contribution in [1.29, 1.82) is 0 Å². The lowest BCUT2D eigenvalue weighted by Gasteiger charge is -2.18. The van der Waals surface area contributed by atoms with Crippen LogP contribution in [0.25, 0.3) is 0 Å². The molecular formula is C11H16BrNO. The standard InChI is InChI=1S/C11H16BrNO/c1-9(14)7-13(2)8-10-5-3-4-6-11(10)12/h3-6,9,14H,7-8H2,1-2H3/t9-/m0/s1. The van der Waals surface area contributed by atoms with E-state index in [0.29, 0.717) is 6.54 Å². The third-order valence-electron chi connectivity index (χ3n) is 1.97. The van der Waals surface area contributed by atoms with Crippen LogP contribution in [0, 0.1) is 0 Å². The fraction of sp³-hybridized carbons (Fsp3) is 0.455. The molecule has 78 valence electrons. The van der Waals surface area contributed by atoms with Crippen LogP contribution >= 0.6 is 15.9 Å². The van der Waals surface area contributed by atoms with Crippen LogP contribution in [-0.4, -0.2) is 29.7 Å². The molecule has 0 unspecified atom stereocenters. The van der Waals surface area contributed by atoms with Crippen molar-refractivity contribution in [2.75, 3.05) is 13.6 Å². The van der Waals surface area contributed by atoms with Gasteiger partial charge in [0.05, 0.1) is 6.10 Å². The maximum absolute atomic E-state index is 9.22. The van der Waals surface area contributed by atoms with Gasteiger partial charge in [0, 0.05) is 17.6 Å². The summed E-state index contributed by atoms with van der Waals surface area (Å²) >= 11 is 3.50. The molecule has 0 saturated carbocycles. The van der Waals surface area contributed by atoms with Gasteiger partial charge in [0.25, 0.3) is 0 Å². The monoisotopic (exact) mass is 257 g/mol. The summed E-state index contributed by atoms with van der Waals surface area (Å²) in [5.74, 6) is 0. The second-order valence-corrected chi connectivity index (χ2v) is 4.49. The number of likely N-dealkylation sites (N-methyl/N-ethyl adjacent to an activating group) is 1. The van der Waals surface area contributed by atoms with Crippen LogP contribution in [0.15, 0.2) is 28.7 Å². The van der Waals surface area contributed by atoms with Gasteiger partial charge in [0.15, 0.2) is 0 Å². The molecule has 1 aromatic carbocycles. The van der Waals surface area contributed by atoms with Gasteiger partial charge in [-0.3, -0.25) is 4.90 Å². The van der Waals surface area contributed by atoms with Crippen molar-refractivity contribution >= 4 is 15.9 Å². The van der Waals surface area contributed by atoms with Gasteiger partial charge in [-0.05, 0) is 25.6 Å². The molecule has 1 atom stereocenters. The van der Waals surface area contributed by atoms with Crippen LogP contribution in [0.1, 0.15) is 12.5 Å². The third kappa shape index (κ3) is 3.78. The van der Waals surface area contributed by atoms with Crippen molar-refractivity contribution in [2.24, 2.45) is 0 Å². The van der Waals surface area contributed by atoms with E-state index in [1.165, 1.54) is 5.56 Å². The highest BCUT2D eigenvalue weighted by atomic mass is 79.9. The molecule has 0 radical (unpaired) electrons. The average Bonchev–Trinajstić information content (AvgIpc) is 2.07. The van der Waals surface area contributed by atoms with E-state index in [-0.39, 0.29) is 6.10 Å². The summed E-state index contributed by atoms with van der Waals surface area (Å²) in [7, 11) is 2.01. The van der Waals surface area contributed by atoms with E-state index in [0.717, 1.165) is 11.0 Å². The highest BCUT2D eigenvalue weighted by Gasteiger charge is 2.05. The number of rotatable bonds is 4. The molecule has 3 heteroatoms. The molecule has 0 bridgehead atoms. The van der Waals surface area contributed by atoms with E-state index in [1.807, 2.05) is 25.2 Å². The van der Waals surface area contributed by atoms with Crippen LogP contribution < -0.4 is 0 Å². The van der Waals surface area contributed by atoms with Crippen molar-refractivity contribution in [3.63, 3.8) is 0 Å². The summed E-state index contributed by atoms with van der Waals surface area (Å²) in [5.41, 5.74) is 1.25. The fourth-order valence-electron chi connectivity index (χ4n) is 1.43. The number of aliphatic hydroxyl groups excluding tert-OH is 1. The number of aliphatic hydroxyl groups is 1. The normalized spacial score (nSPS) is 13.2. The lowest BCUT2D eigenvalue weighted by Crippen LogP contribution is -2.26. The Morgan fingerprint density at radius 3 is 2.64 bits per heavy atom. The van der Waals surface area contributed by atoms with Crippen molar-refractivity contribution in [2.45, 2.75) is 19.6 Å². The van der Waals surface area contributed by atoms with Crippen molar-refractivity contribution < 1.29 is 5.11 Å². The van der Waals surface area contributed by atoms with Crippen LogP contribution in [0.4, 0.5) is 0 Å². The Morgan fingerprint density at radius 2 is 2.07 bits per heavy atom. The molecule has 14 heavy (non-hydrogen) atoms. The Balaban J connectivity index is 2.56. The van der Waals surface area contributed by atoms with Crippen LogP contribution in [0.5, 0.6) is 0 Å². The van der Waals surface area contributed by atoms with Crippen molar-refractivity contribution in [1.82, 2.24) is 4.90 Å². The zero-order valence-corrected chi connectivity index (χ0v) is 10.2. The van der Waals surface area contributed by atoms with E-state index < -0.39 is 0 Å². The third-order valence-corrected chi connectivity index (χ3v) is 2.75. The van der Waals surface area contributed by atoms with Crippen molar-refractivity contribution in [3.05, 3.63) is 34.3 Å². The van der Waals surface area contributed by atoms with Gasteiger partial charge in [-0.25, -0.2) is 0 Å². The predicted molar refractivity (Wildman–Crippen MR) is 62.2 cm³/mol. The number of hydrogen-bond acceptors (Lipinski definition) is 2. The summed E-state index contributed by atoms with van der Waals surface area (Å²) in [6, 6.07) is 8.15. The van der Waals surface area contributed by atoms with E-state index in [1.54, 1.807) is 6.92 Å². The summed E-state index contributed by atoms with van der Waals surface area (Å²) in [5, 5.41) is 9.22. The molecule has 2 nitrogen and oxygen atoms in total. The highest BCUT2D eigenvalue weighted by Crippen LogP contribution is 2.17. The van der Waals surface area contributed by atoms with E-state index in [2.05, 4.69) is 26.9 Å². The predicted octanol–water partition coefficient (Wildman–Crippen LogP) is 2.26. The second-order valence-electron chi connectivity index (χ2n) is 3.64. The Morgan fingerprint density at radius 1 is 1.43 bits per heavy atom. The van der Waals surface area contributed by atoms with Crippen molar-refractivity contribution in [3.8, 4) is 0 Å². The summed E-state index contributed by atoms with van der Waals surface area (Å²) < 4.78 is 1.12. The molecule has 0 amide bonds. The van der Waals surface area contributed by atoms with Gasteiger partial charge >= 0.3 is 0 Å². The minimum atomic E-state index is -0.275. The molecule has 0 spiro atoms. The minimum Gasteiger partial charge on any atom is -0.392 e. The smallest absolute Gasteiger partial charge is 0.0639 e. The van der Waals surface area contributed by atoms with Gasteiger partial charge < -0.3 is 5.11 Å². The minimum absolute atomic E-state index is 0.275. The molecule has 0 aliphatic carbocycles. The maximum atomic E-state index is 9.22. The molecule has 0 saturated heterocycles. The van der Waals surface area contributed by atoms with E-state index in [4.69, 9.17) is 0 Å². The lowest BCUT2D eigenvalue weighted by atomic mass is 10.2. The van der Waals surface area contributed by atoms with Crippen LogP contribution in [0.3, 0.4) is 0 Å². The molecule has 1 N–H and O–H groups in total. The largest absolute Gasteiger partial charge is 0.392 e. The average molecular weight is 258 g/mol. The first-order valence-electron chi connectivity index (χ1n) is 4.69. The van der Waals surface area contributed by atoms with Gasteiger partial charge in [0.2, 0.25) is 0 Å². The van der Waals surface area contributed by atoms with Gasteiger partial charge in [-0.15, -0.1) is 0 Å². The Bertz CT molecular complexity index is 288. The van der Waals surface area contributed by atoms with Crippen LogP contribution in [-0.2, 0) is 6.54 Å². The first-order valence-corrected chi connectivity index (χ1v) is 5.49. The molecule has 0 fully saturated rings. The number of benzene rings is 1. The van der Waals surface area contributed by atoms with E-state index in [9.17, 15) is 5.11 Å². The topological polar surface area (TPSA) is 23.5 Å². The molecule has 0 heterocycles. The molecule has 0 aliphatic heterocycles. The molecule has 1 rings (SSSR count). The van der Waals surface area contributed by atoms with E-state index >= 15 is 0 Å². The Hall–Kier alpha value is -0.380. The molecule has 1 aromatic rings. The first-order chi connectivity index (χ1) is 6.59. The summed E-state index contributed by atoms with van der Waals surface area (Å²) in [4.78, 5) is 2.10. The Labute approximate surface area is 93.7 Å². The number of nitrogens with zero attached hydrogens (tertiary/aromatic N) is 1. The Kier molecular flexibility index (Phi) is 4.58. The second kappa shape index (κ2) is 5.49. The molecular weight excluding hydrogens is 242 g/mol. The van der Waals surface area contributed by atoms with Gasteiger partial charge in [-0.2, -0.15) is 0 Å². The first kappa shape index (κ1) is 11.7. The lowest BCUT2D eigenvalue weighted by molar-refractivity contribution is 0.138. The number of halogens is 1. The van der Waals surface area contributed by atoms with Gasteiger partial charge in [-0.1, -0.05) is 34.1 Å². The SMILES string of the molecule is C[C@H](O)CN(C)Cc1ccccc1Br. The fourth-order valence-corrected chi connectivity index (χ4v) is 1.84. The summed E-state index contributed by atoms with van der Waals surface area (Å²) in [6.45, 7) is 3.35. The van der Waals surface area contributed by atoms with Gasteiger partial charge in [0.1, 0.15) is 0 Å². The van der Waals surface area contributed by atoms with Crippen LogP contribution in [0.2, 0.25) is 0 Å². The molecule has 0 aromatic heterocycles. The quantitative estimate of drug-likeness (QED) is 0.895. The zero-order valence-electron chi connectivity index (χ0n) is 8.57. The maximum Gasteiger partial charge on any atom is 0.0639 e. The summed E-state index contributed by atoms with van der Waals surface area (Å²) in [6.07, 6.45) is -0.275. The zero-order chi connectivity index (χ0) is 10.6.